The third-order valence-corrected chi connectivity index (χ3v) is 4.36. The van der Waals surface area contributed by atoms with Crippen molar-refractivity contribution in [3.63, 3.8) is 0 Å². The van der Waals surface area contributed by atoms with Crippen molar-refractivity contribution >= 4 is 22.4 Å². The van der Waals surface area contributed by atoms with Gasteiger partial charge in [-0.2, -0.15) is 0 Å². The normalized spacial score (nSPS) is 14.5. The summed E-state index contributed by atoms with van der Waals surface area (Å²) in [6, 6.07) is 6.15. The summed E-state index contributed by atoms with van der Waals surface area (Å²) in [4.78, 5) is 16.3. The molecule has 0 fully saturated rings. The molecule has 0 spiro atoms. The van der Waals surface area contributed by atoms with E-state index in [1.807, 2.05) is 18.4 Å². The Morgan fingerprint density at radius 2 is 2.29 bits per heavy atom. The second-order valence-electron chi connectivity index (χ2n) is 5.13. The molecule has 0 saturated heterocycles. The third kappa shape index (κ3) is 3.24. The third-order valence-electron chi connectivity index (χ3n) is 3.67. The first-order valence-electron chi connectivity index (χ1n) is 7.25. The van der Waals surface area contributed by atoms with Crippen LogP contribution in [0.4, 0.5) is 5.13 Å². The highest BCUT2D eigenvalue weighted by Gasteiger charge is 2.20. The van der Waals surface area contributed by atoms with E-state index < -0.39 is 6.10 Å². The summed E-state index contributed by atoms with van der Waals surface area (Å²) >= 11 is 1.40. The largest absolute Gasteiger partial charge is 0.481 e. The van der Waals surface area contributed by atoms with Gasteiger partial charge in [0.2, 0.25) is 0 Å². The number of carbonyl (C=O) groups is 1. The minimum atomic E-state index is -0.492. The molecule has 0 bridgehead atoms. The van der Waals surface area contributed by atoms with Crippen LogP contribution in [0.15, 0.2) is 29.8 Å². The summed E-state index contributed by atoms with van der Waals surface area (Å²) in [7, 11) is 0. The van der Waals surface area contributed by atoms with Crippen molar-refractivity contribution in [1.82, 2.24) is 4.98 Å². The molecule has 5 heteroatoms. The number of benzene rings is 1. The van der Waals surface area contributed by atoms with Gasteiger partial charge in [0.15, 0.2) is 11.2 Å². The van der Waals surface area contributed by atoms with Crippen LogP contribution < -0.4 is 10.1 Å². The molecule has 1 heterocycles. The average Bonchev–Trinajstić information content (AvgIpc) is 3.14. The van der Waals surface area contributed by atoms with Crippen molar-refractivity contribution in [2.45, 2.75) is 38.7 Å². The van der Waals surface area contributed by atoms with Gasteiger partial charge in [-0.05, 0) is 48.9 Å². The van der Waals surface area contributed by atoms with Gasteiger partial charge in [-0.15, -0.1) is 11.3 Å². The Bertz CT molecular complexity index is 625. The lowest BCUT2D eigenvalue weighted by Gasteiger charge is -2.17. The molecule has 0 radical (unpaired) electrons. The van der Waals surface area contributed by atoms with Crippen molar-refractivity contribution < 1.29 is 9.53 Å². The molecule has 1 aliphatic rings. The van der Waals surface area contributed by atoms with Crippen molar-refractivity contribution in [3.8, 4) is 5.75 Å². The number of rotatable bonds is 5. The first kappa shape index (κ1) is 14.1. The maximum absolute atomic E-state index is 12.2. The number of nitrogens with one attached hydrogen (secondary N) is 1. The van der Waals surface area contributed by atoms with Crippen LogP contribution in [0.2, 0.25) is 0 Å². The molecule has 21 heavy (non-hydrogen) atoms. The number of carbonyl (C=O) groups excluding carboxylic acids is 1. The first-order valence-corrected chi connectivity index (χ1v) is 8.13. The van der Waals surface area contributed by atoms with E-state index in [4.69, 9.17) is 4.74 Å². The Morgan fingerprint density at radius 1 is 1.43 bits per heavy atom. The van der Waals surface area contributed by atoms with Gasteiger partial charge in [-0.3, -0.25) is 10.1 Å². The highest BCUT2D eigenvalue weighted by Crippen LogP contribution is 2.27. The molecule has 1 atom stereocenters. The van der Waals surface area contributed by atoms with Crippen LogP contribution in [-0.4, -0.2) is 17.0 Å². The Morgan fingerprint density at radius 3 is 3.05 bits per heavy atom. The minimum Gasteiger partial charge on any atom is -0.481 e. The molecule has 4 nitrogen and oxygen atoms in total. The maximum Gasteiger partial charge on any atom is 0.267 e. The molecule has 0 saturated carbocycles. The number of fused-ring (bicyclic) bond motifs is 1. The Labute approximate surface area is 128 Å². The van der Waals surface area contributed by atoms with Gasteiger partial charge in [-0.1, -0.05) is 13.0 Å². The summed E-state index contributed by atoms with van der Waals surface area (Å²) in [5, 5.41) is 5.23. The van der Waals surface area contributed by atoms with E-state index in [-0.39, 0.29) is 5.91 Å². The Hall–Kier alpha value is -1.88. The fourth-order valence-electron chi connectivity index (χ4n) is 2.58. The first-order chi connectivity index (χ1) is 10.3. The summed E-state index contributed by atoms with van der Waals surface area (Å²) in [5.74, 6) is 0.629. The molecular formula is C16H18N2O2S. The summed E-state index contributed by atoms with van der Waals surface area (Å²) in [5.41, 5.74) is 2.75. The van der Waals surface area contributed by atoms with E-state index in [0.717, 1.165) is 18.6 Å². The van der Waals surface area contributed by atoms with Gasteiger partial charge >= 0.3 is 0 Å². The van der Waals surface area contributed by atoms with Crippen molar-refractivity contribution in [1.29, 1.82) is 0 Å². The van der Waals surface area contributed by atoms with Crippen LogP contribution in [0.1, 0.15) is 30.9 Å². The molecule has 1 N–H and O–H groups in total. The predicted molar refractivity (Wildman–Crippen MR) is 83.9 cm³/mol. The predicted octanol–water partition coefficient (Wildman–Crippen LogP) is 3.43. The molecule has 1 aliphatic carbocycles. The molecule has 1 aromatic heterocycles. The number of aryl methyl sites for hydroxylation is 2. The number of amides is 1. The standard InChI is InChI=1S/C16H18N2O2S/c1-2-14(15(19)18-16-17-8-9-21-16)20-13-7-6-11-4-3-5-12(11)10-13/h6-10,14H,2-5H2,1H3,(H,17,18,19)/t14-/m1/s1. The van der Waals surface area contributed by atoms with E-state index in [1.54, 1.807) is 6.20 Å². The Kier molecular flexibility index (Phi) is 4.20. The second kappa shape index (κ2) is 6.26. The highest BCUT2D eigenvalue weighted by molar-refractivity contribution is 7.13. The number of thiazole rings is 1. The van der Waals surface area contributed by atoms with Crippen molar-refractivity contribution in [2.75, 3.05) is 5.32 Å². The molecule has 1 aromatic carbocycles. The van der Waals surface area contributed by atoms with Crippen molar-refractivity contribution in [2.24, 2.45) is 0 Å². The number of anilines is 1. The lowest BCUT2D eigenvalue weighted by atomic mass is 10.1. The SMILES string of the molecule is CC[C@@H](Oc1ccc2c(c1)CCC2)C(=O)Nc1nccs1. The fraction of sp³-hybridized carbons (Fsp3) is 0.375. The zero-order valence-corrected chi connectivity index (χ0v) is 12.8. The summed E-state index contributed by atoms with van der Waals surface area (Å²) in [6.07, 6.45) is 5.26. The quantitative estimate of drug-likeness (QED) is 0.920. The second-order valence-corrected chi connectivity index (χ2v) is 6.02. The molecule has 1 amide bonds. The zero-order chi connectivity index (χ0) is 14.7. The van der Waals surface area contributed by atoms with Crippen LogP contribution in [-0.2, 0) is 17.6 Å². The van der Waals surface area contributed by atoms with Gasteiger partial charge in [0.05, 0.1) is 0 Å². The number of hydrogen-bond donors (Lipinski definition) is 1. The molecular weight excluding hydrogens is 284 g/mol. The molecule has 2 aromatic rings. The lowest BCUT2D eigenvalue weighted by Crippen LogP contribution is -2.32. The van der Waals surface area contributed by atoms with E-state index in [1.165, 1.54) is 28.9 Å². The van der Waals surface area contributed by atoms with E-state index in [2.05, 4.69) is 22.4 Å². The van der Waals surface area contributed by atoms with E-state index in [0.29, 0.717) is 11.6 Å². The molecule has 0 aliphatic heterocycles. The van der Waals surface area contributed by atoms with Gasteiger partial charge in [0, 0.05) is 11.6 Å². The van der Waals surface area contributed by atoms with Gasteiger partial charge < -0.3 is 4.74 Å². The highest BCUT2D eigenvalue weighted by atomic mass is 32.1. The average molecular weight is 302 g/mol. The topological polar surface area (TPSA) is 51.2 Å². The minimum absolute atomic E-state index is 0.145. The number of hydrogen-bond acceptors (Lipinski definition) is 4. The Balaban J connectivity index is 1.67. The molecule has 0 unspecified atom stereocenters. The monoisotopic (exact) mass is 302 g/mol. The zero-order valence-electron chi connectivity index (χ0n) is 12.0. The van der Waals surface area contributed by atoms with Crippen LogP contribution in [0.5, 0.6) is 5.75 Å². The number of nitrogens with zero attached hydrogens (tertiary/aromatic N) is 1. The molecule has 3 rings (SSSR count). The van der Waals surface area contributed by atoms with Gasteiger partial charge in [0.25, 0.3) is 5.91 Å². The summed E-state index contributed by atoms with van der Waals surface area (Å²) < 4.78 is 5.86. The van der Waals surface area contributed by atoms with Crippen LogP contribution in [0.25, 0.3) is 0 Å². The van der Waals surface area contributed by atoms with E-state index >= 15 is 0 Å². The summed E-state index contributed by atoms with van der Waals surface area (Å²) in [6.45, 7) is 1.94. The van der Waals surface area contributed by atoms with Gasteiger partial charge in [-0.25, -0.2) is 4.98 Å². The maximum atomic E-state index is 12.2. The van der Waals surface area contributed by atoms with Crippen molar-refractivity contribution in [3.05, 3.63) is 40.9 Å². The number of ether oxygens (including phenoxy) is 1. The number of aromatic nitrogens is 1. The fourth-order valence-corrected chi connectivity index (χ4v) is 3.11. The lowest BCUT2D eigenvalue weighted by molar-refractivity contribution is -0.122. The van der Waals surface area contributed by atoms with Gasteiger partial charge in [0.1, 0.15) is 5.75 Å². The van der Waals surface area contributed by atoms with Crippen LogP contribution in [0.3, 0.4) is 0 Å². The molecule has 110 valence electrons. The smallest absolute Gasteiger partial charge is 0.267 e. The van der Waals surface area contributed by atoms with E-state index in [9.17, 15) is 4.79 Å². The van der Waals surface area contributed by atoms with Crippen LogP contribution in [0, 0.1) is 0 Å². The van der Waals surface area contributed by atoms with Crippen LogP contribution >= 0.6 is 11.3 Å².